The molecule has 2 aromatic rings. The summed E-state index contributed by atoms with van der Waals surface area (Å²) >= 11 is 12.6. The molecule has 0 amide bonds. The molecule has 5 atom stereocenters. The van der Waals surface area contributed by atoms with Crippen LogP contribution in [0.5, 0.6) is 0 Å². The summed E-state index contributed by atoms with van der Waals surface area (Å²) in [6, 6.07) is 14.7. The number of hydrogen-bond donors (Lipinski definition) is 1. The molecule has 202 valence electrons. The fourth-order valence-electron chi connectivity index (χ4n) is 5.84. The van der Waals surface area contributed by atoms with E-state index in [0.29, 0.717) is 16.5 Å². The number of rotatable bonds is 9. The van der Waals surface area contributed by atoms with E-state index in [-0.39, 0.29) is 35.7 Å². The fraction of sp³-hybridized carbons (Fsp3) is 0.517. The fourth-order valence-corrected chi connectivity index (χ4v) is 7.68. The molecule has 0 aromatic heterocycles. The summed E-state index contributed by atoms with van der Waals surface area (Å²) in [6.07, 6.45) is -0.0154. The Balaban J connectivity index is 2.30. The van der Waals surface area contributed by atoms with Gasteiger partial charge in [-0.25, -0.2) is 8.42 Å². The van der Waals surface area contributed by atoms with E-state index in [1.807, 2.05) is 44.2 Å². The molecule has 2 aromatic carbocycles. The zero-order chi connectivity index (χ0) is 27.7. The number of ketones is 1. The Morgan fingerprint density at radius 3 is 2.16 bits per heavy atom. The zero-order valence-electron chi connectivity index (χ0n) is 21.9. The topological polar surface area (TPSA) is 88.5 Å². The predicted octanol–water partition coefficient (Wildman–Crippen LogP) is 7.03. The molecular weight excluding hydrogens is 531 g/mol. The normalized spacial score (nSPS) is 25.4. The standard InChI is InChI=1S/C29H36Cl2O5S/c1-17(2)24(16-37(35,36)18(3)4)27-26(19-9-11-21(30)12-10-19)23(20-7-6-8-22(31)13-20)14-29(5,28(27)34)15-25(32)33/h6-13,17-18,23-24,26-27H,14-16H2,1-5H3,(H,32,33)/t23-,24?,26?,27?,29-/m1/s1. The quantitative estimate of drug-likeness (QED) is 0.352. The van der Waals surface area contributed by atoms with E-state index >= 15 is 0 Å². The third kappa shape index (κ3) is 6.58. The second kappa shape index (κ2) is 11.5. The van der Waals surface area contributed by atoms with E-state index in [0.717, 1.165) is 11.1 Å². The van der Waals surface area contributed by atoms with Crippen LogP contribution in [0, 0.1) is 23.2 Å². The first-order chi connectivity index (χ1) is 17.2. The van der Waals surface area contributed by atoms with E-state index in [4.69, 9.17) is 23.2 Å². The lowest BCUT2D eigenvalue weighted by atomic mass is 9.53. The van der Waals surface area contributed by atoms with Crippen molar-refractivity contribution in [3.63, 3.8) is 0 Å². The van der Waals surface area contributed by atoms with Crippen LogP contribution in [-0.4, -0.2) is 36.3 Å². The molecule has 3 unspecified atom stereocenters. The average molecular weight is 568 g/mol. The van der Waals surface area contributed by atoms with E-state index in [9.17, 15) is 23.1 Å². The summed E-state index contributed by atoms with van der Waals surface area (Å²) in [5.41, 5.74) is 0.606. The van der Waals surface area contributed by atoms with Gasteiger partial charge >= 0.3 is 5.97 Å². The lowest BCUT2D eigenvalue weighted by molar-refractivity contribution is -0.150. The SMILES string of the molecule is CC(C)C(CS(=O)(=O)C(C)C)C1C(=O)[C@@](C)(CC(=O)O)C[C@H](c2cccc(Cl)c2)C1c1ccc(Cl)cc1. The molecule has 3 rings (SSSR count). The van der Waals surface area contributed by atoms with Crippen LogP contribution in [0.25, 0.3) is 0 Å². The summed E-state index contributed by atoms with van der Waals surface area (Å²) in [4.78, 5) is 26.3. The van der Waals surface area contributed by atoms with Crippen molar-refractivity contribution >= 4 is 44.8 Å². The number of carbonyl (C=O) groups excluding carboxylic acids is 1. The maximum atomic E-state index is 14.4. The van der Waals surface area contributed by atoms with Crippen molar-refractivity contribution in [3.8, 4) is 0 Å². The van der Waals surface area contributed by atoms with Crippen LogP contribution in [0.3, 0.4) is 0 Å². The molecule has 0 saturated heterocycles. The minimum absolute atomic E-state index is 0.135. The highest BCUT2D eigenvalue weighted by atomic mass is 35.5. The summed E-state index contributed by atoms with van der Waals surface area (Å²) in [5, 5.41) is 10.3. The van der Waals surface area contributed by atoms with Gasteiger partial charge in [-0.2, -0.15) is 0 Å². The lowest BCUT2D eigenvalue weighted by Gasteiger charge is -2.49. The summed E-state index contributed by atoms with van der Waals surface area (Å²) in [6.45, 7) is 8.87. The number of aliphatic carboxylic acids is 1. The van der Waals surface area contributed by atoms with Gasteiger partial charge in [0.15, 0.2) is 9.84 Å². The predicted molar refractivity (Wildman–Crippen MR) is 149 cm³/mol. The van der Waals surface area contributed by atoms with Crippen molar-refractivity contribution in [2.24, 2.45) is 23.2 Å². The van der Waals surface area contributed by atoms with Gasteiger partial charge in [0, 0.05) is 27.3 Å². The van der Waals surface area contributed by atoms with Crippen molar-refractivity contribution in [1.29, 1.82) is 0 Å². The van der Waals surface area contributed by atoms with Gasteiger partial charge in [-0.05, 0) is 73.4 Å². The monoisotopic (exact) mass is 566 g/mol. The van der Waals surface area contributed by atoms with Crippen molar-refractivity contribution in [2.75, 3.05) is 5.75 Å². The Morgan fingerprint density at radius 1 is 1.03 bits per heavy atom. The smallest absolute Gasteiger partial charge is 0.304 e. The number of Topliss-reactive ketones (excluding diaryl/α,β-unsaturated/α-hetero) is 1. The molecule has 0 radical (unpaired) electrons. The summed E-state index contributed by atoms with van der Waals surface area (Å²) in [7, 11) is -3.49. The first-order valence-corrected chi connectivity index (χ1v) is 15.1. The second-order valence-electron chi connectivity index (χ2n) is 11.3. The Hall–Kier alpha value is -1.89. The molecule has 1 fully saturated rings. The van der Waals surface area contributed by atoms with Gasteiger partial charge in [0.05, 0.1) is 17.4 Å². The van der Waals surface area contributed by atoms with Gasteiger partial charge < -0.3 is 5.11 Å². The summed E-state index contributed by atoms with van der Waals surface area (Å²) < 4.78 is 26.4. The van der Waals surface area contributed by atoms with Crippen molar-refractivity contribution < 1.29 is 23.1 Å². The van der Waals surface area contributed by atoms with Crippen LogP contribution >= 0.6 is 23.2 Å². The van der Waals surface area contributed by atoms with Crippen LogP contribution < -0.4 is 0 Å². The average Bonchev–Trinajstić information content (AvgIpc) is 2.79. The maximum Gasteiger partial charge on any atom is 0.304 e. The van der Waals surface area contributed by atoms with E-state index in [1.54, 1.807) is 39.0 Å². The minimum Gasteiger partial charge on any atom is -0.481 e. The van der Waals surface area contributed by atoms with Crippen LogP contribution in [0.1, 0.15) is 70.4 Å². The number of carboxylic acid groups (broad SMARTS) is 1. The highest BCUT2D eigenvalue weighted by Crippen LogP contribution is 2.56. The molecule has 5 nitrogen and oxygen atoms in total. The second-order valence-corrected chi connectivity index (χ2v) is 14.7. The molecule has 8 heteroatoms. The highest BCUT2D eigenvalue weighted by molar-refractivity contribution is 7.91. The molecule has 1 aliphatic carbocycles. The first-order valence-electron chi connectivity index (χ1n) is 12.6. The molecule has 1 aliphatic rings. The van der Waals surface area contributed by atoms with Gasteiger partial charge in [-0.15, -0.1) is 0 Å². The molecule has 0 aliphatic heterocycles. The Kier molecular flexibility index (Phi) is 9.19. The van der Waals surface area contributed by atoms with E-state index in [2.05, 4.69) is 0 Å². The first kappa shape index (κ1) is 29.7. The van der Waals surface area contributed by atoms with Gasteiger partial charge in [0.1, 0.15) is 5.78 Å². The number of carbonyl (C=O) groups is 2. The third-order valence-corrected chi connectivity index (χ3v) is 10.7. The van der Waals surface area contributed by atoms with Gasteiger partial charge in [0.25, 0.3) is 0 Å². The zero-order valence-corrected chi connectivity index (χ0v) is 24.3. The number of sulfone groups is 1. The largest absolute Gasteiger partial charge is 0.481 e. The minimum atomic E-state index is -3.49. The molecule has 1 N–H and O–H groups in total. The van der Waals surface area contributed by atoms with Crippen LogP contribution in [-0.2, 0) is 19.4 Å². The Morgan fingerprint density at radius 2 is 1.65 bits per heavy atom. The van der Waals surface area contributed by atoms with Gasteiger partial charge in [-0.3, -0.25) is 9.59 Å². The van der Waals surface area contributed by atoms with E-state index < -0.39 is 38.3 Å². The Labute approximate surface area is 230 Å². The van der Waals surface area contributed by atoms with Crippen molar-refractivity contribution in [3.05, 3.63) is 69.7 Å². The molecular formula is C29H36Cl2O5S. The van der Waals surface area contributed by atoms with Crippen molar-refractivity contribution in [1.82, 2.24) is 0 Å². The van der Waals surface area contributed by atoms with E-state index in [1.165, 1.54) is 0 Å². The number of carboxylic acids is 1. The molecule has 1 saturated carbocycles. The van der Waals surface area contributed by atoms with Crippen LogP contribution in [0.15, 0.2) is 48.5 Å². The van der Waals surface area contributed by atoms with Gasteiger partial charge in [-0.1, -0.05) is 68.2 Å². The molecule has 0 bridgehead atoms. The number of benzene rings is 2. The van der Waals surface area contributed by atoms with Crippen LogP contribution in [0.2, 0.25) is 10.0 Å². The van der Waals surface area contributed by atoms with Crippen LogP contribution in [0.4, 0.5) is 0 Å². The molecule has 37 heavy (non-hydrogen) atoms. The lowest BCUT2D eigenvalue weighted by Crippen LogP contribution is -2.51. The van der Waals surface area contributed by atoms with Gasteiger partial charge in [0.2, 0.25) is 0 Å². The number of halogens is 2. The summed E-state index contributed by atoms with van der Waals surface area (Å²) in [5.74, 6) is -3.37. The Bertz CT molecular complexity index is 1240. The molecule has 0 spiro atoms. The number of hydrogen-bond acceptors (Lipinski definition) is 4. The highest BCUT2D eigenvalue weighted by Gasteiger charge is 2.55. The molecule has 0 heterocycles. The van der Waals surface area contributed by atoms with Crippen molar-refractivity contribution in [2.45, 2.75) is 64.5 Å². The maximum absolute atomic E-state index is 14.4. The third-order valence-electron chi connectivity index (χ3n) is 7.92.